The van der Waals surface area contributed by atoms with Crippen LogP contribution in [0.25, 0.3) is 0 Å². The van der Waals surface area contributed by atoms with E-state index in [9.17, 15) is 9.59 Å². The predicted molar refractivity (Wildman–Crippen MR) is 67.8 cm³/mol. The maximum absolute atomic E-state index is 11.6. The van der Waals surface area contributed by atoms with E-state index >= 15 is 0 Å². The zero-order valence-corrected chi connectivity index (χ0v) is 10.3. The van der Waals surface area contributed by atoms with Crippen LogP contribution in [0.4, 0.5) is 10.5 Å². The maximum atomic E-state index is 11.6. The minimum Gasteiger partial charge on any atom is -0.481 e. The number of carboxylic acid groups (broad SMARTS) is 1. The Hall–Kier alpha value is -2.97. The molecule has 9 nitrogen and oxygen atoms in total. The maximum Gasteiger partial charge on any atom is 0.319 e. The lowest BCUT2D eigenvalue weighted by Gasteiger charge is -2.06. The lowest BCUT2D eigenvalue weighted by molar-refractivity contribution is -0.136. The molecule has 0 fully saturated rings. The van der Waals surface area contributed by atoms with Crippen molar-refractivity contribution in [3.63, 3.8) is 0 Å². The van der Waals surface area contributed by atoms with Crippen molar-refractivity contribution in [2.24, 2.45) is 0 Å². The molecule has 0 aliphatic carbocycles. The molecule has 2 aromatic rings. The van der Waals surface area contributed by atoms with E-state index in [0.717, 1.165) is 0 Å². The molecule has 20 heavy (non-hydrogen) atoms. The Morgan fingerprint density at radius 3 is 2.75 bits per heavy atom. The minimum absolute atomic E-state index is 0.155. The van der Waals surface area contributed by atoms with Gasteiger partial charge in [0.25, 0.3) is 0 Å². The summed E-state index contributed by atoms with van der Waals surface area (Å²) in [5.41, 5.74) is 0.888. The predicted octanol–water partition coefficient (Wildman–Crippen LogP) is 0.148. The summed E-state index contributed by atoms with van der Waals surface area (Å²) in [4.78, 5) is 29.8. The number of pyridine rings is 1. The Morgan fingerprint density at radius 1 is 1.30 bits per heavy atom. The fraction of sp³-hybridized carbons (Fsp3) is 0.182. The number of carbonyl (C=O) groups excluding carboxylic acids is 1. The zero-order chi connectivity index (χ0) is 14.4. The summed E-state index contributed by atoms with van der Waals surface area (Å²) >= 11 is 0. The van der Waals surface area contributed by atoms with Crippen molar-refractivity contribution in [1.29, 1.82) is 0 Å². The molecule has 0 aliphatic rings. The van der Waals surface area contributed by atoms with Gasteiger partial charge in [0.15, 0.2) is 0 Å². The number of carboxylic acids is 1. The van der Waals surface area contributed by atoms with Gasteiger partial charge in [-0.1, -0.05) is 0 Å². The number of aliphatic carboxylic acids is 1. The smallest absolute Gasteiger partial charge is 0.319 e. The van der Waals surface area contributed by atoms with Crippen LogP contribution < -0.4 is 10.6 Å². The molecular weight excluding hydrogens is 264 g/mol. The van der Waals surface area contributed by atoms with Crippen LogP contribution in [0.2, 0.25) is 0 Å². The van der Waals surface area contributed by atoms with Gasteiger partial charge in [-0.25, -0.2) is 9.78 Å². The molecule has 0 aromatic carbocycles. The van der Waals surface area contributed by atoms with Gasteiger partial charge in [-0.05, 0) is 12.1 Å². The van der Waals surface area contributed by atoms with E-state index in [2.05, 4.69) is 30.8 Å². The number of aromatic amines is 1. The van der Waals surface area contributed by atoms with Crippen LogP contribution in [0.5, 0.6) is 0 Å². The van der Waals surface area contributed by atoms with Crippen LogP contribution in [-0.2, 0) is 17.8 Å². The second-order valence-electron chi connectivity index (χ2n) is 3.85. The van der Waals surface area contributed by atoms with E-state index in [1.54, 1.807) is 12.1 Å². The Labute approximate surface area is 113 Å². The van der Waals surface area contributed by atoms with Gasteiger partial charge < -0.3 is 15.7 Å². The second kappa shape index (κ2) is 6.27. The summed E-state index contributed by atoms with van der Waals surface area (Å²) in [6.45, 7) is 0.219. The molecule has 0 radical (unpaired) electrons. The summed E-state index contributed by atoms with van der Waals surface area (Å²) in [6, 6.07) is 2.70. The SMILES string of the molecule is O=C(O)Cc1ccc(NC(=O)NCc2ncn[nH]2)cn1. The highest BCUT2D eigenvalue weighted by Crippen LogP contribution is 2.06. The standard InChI is InChI=1S/C11H12N6O3/c18-10(19)3-7-1-2-8(4-12-7)16-11(20)13-5-9-14-6-15-17-9/h1-2,4,6H,3,5H2,(H,18,19)(H2,13,16,20)(H,14,15,17). The number of anilines is 1. The number of hydrogen-bond acceptors (Lipinski definition) is 5. The minimum atomic E-state index is -0.956. The molecule has 0 spiro atoms. The topological polar surface area (TPSA) is 133 Å². The number of carbonyl (C=O) groups is 2. The van der Waals surface area contributed by atoms with Crippen LogP contribution in [0.1, 0.15) is 11.5 Å². The Kier molecular flexibility index (Phi) is 4.22. The van der Waals surface area contributed by atoms with Gasteiger partial charge in [-0.15, -0.1) is 0 Å². The first-order valence-electron chi connectivity index (χ1n) is 5.69. The van der Waals surface area contributed by atoms with Crippen LogP contribution in [0.3, 0.4) is 0 Å². The second-order valence-corrected chi connectivity index (χ2v) is 3.85. The van der Waals surface area contributed by atoms with Gasteiger partial charge in [-0.2, -0.15) is 5.10 Å². The molecule has 0 saturated heterocycles. The summed E-state index contributed by atoms with van der Waals surface area (Å²) in [5, 5.41) is 20.0. The number of rotatable bonds is 5. The van der Waals surface area contributed by atoms with Crippen LogP contribution in [0.15, 0.2) is 24.7 Å². The molecular formula is C11H12N6O3. The Bertz CT molecular complexity index is 581. The van der Waals surface area contributed by atoms with Crippen molar-refractivity contribution in [3.8, 4) is 0 Å². The summed E-state index contributed by atoms with van der Waals surface area (Å²) < 4.78 is 0. The fourth-order valence-electron chi connectivity index (χ4n) is 1.41. The van der Waals surface area contributed by atoms with Crippen LogP contribution in [-0.4, -0.2) is 37.3 Å². The number of urea groups is 1. The van der Waals surface area contributed by atoms with Crippen molar-refractivity contribution < 1.29 is 14.7 Å². The third-order valence-corrected chi connectivity index (χ3v) is 2.30. The third-order valence-electron chi connectivity index (χ3n) is 2.30. The lowest BCUT2D eigenvalue weighted by atomic mass is 10.2. The molecule has 2 aromatic heterocycles. The molecule has 2 amide bonds. The molecule has 4 N–H and O–H groups in total. The Balaban J connectivity index is 1.83. The van der Waals surface area contributed by atoms with Gasteiger partial charge >= 0.3 is 12.0 Å². The van der Waals surface area contributed by atoms with E-state index in [1.165, 1.54) is 12.5 Å². The van der Waals surface area contributed by atoms with Gasteiger partial charge in [-0.3, -0.25) is 14.9 Å². The summed E-state index contributed by atoms with van der Waals surface area (Å²) in [7, 11) is 0. The number of H-pyrrole nitrogens is 1. The first kappa shape index (κ1) is 13.5. The highest BCUT2D eigenvalue weighted by molar-refractivity contribution is 5.88. The van der Waals surface area contributed by atoms with Gasteiger partial charge in [0.1, 0.15) is 12.2 Å². The van der Waals surface area contributed by atoms with Gasteiger partial charge in [0.2, 0.25) is 0 Å². The van der Waals surface area contributed by atoms with Gasteiger partial charge in [0.05, 0.1) is 30.5 Å². The molecule has 2 heterocycles. The van der Waals surface area contributed by atoms with Crippen molar-refractivity contribution in [1.82, 2.24) is 25.5 Å². The molecule has 0 bridgehead atoms. The molecule has 9 heteroatoms. The number of aromatic nitrogens is 4. The number of hydrogen-bond donors (Lipinski definition) is 4. The zero-order valence-electron chi connectivity index (χ0n) is 10.3. The fourth-order valence-corrected chi connectivity index (χ4v) is 1.41. The van der Waals surface area contributed by atoms with E-state index in [0.29, 0.717) is 17.2 Å². The summed E-state index contributed by atoms with van der Waals surface area (Å²) in [5.74, 6) is -0.418. The van der Waals surface area contributed by atoms with E-state index in [4.69, 9.17) is 5.11 Å². The molecule has 104 valence electrons. The number of nitrogens with one attached hydrogen (secondary N) is 3. The highest BCUT2D eigenvalue weighted by Gasteiger charge is 2.05. The number of amides is 2. The van der Waals surface area contributed by atoms with Crippen molar-refractivity contribution >= 4 is 17.7 Å². The molecule has 0 unspecified atom stereocenters. The normalized spacial score (nSPS) is 10.0. The van der Waals surface area contributed by atoms with Crippen molar-refractivity contribution in [3.05, 3.63) is 36.2 Å². The first-order chi connectivity index (χ1) is 9.63. The van der Waals surface area contributed by atoms with Gasteiger partial charge in [0, 0.05) is 0 Å². The largest absolute Gasteiger partial charge is 0.481 e. The average molecular weight is 276 g/mol. The summed E-state index contributed by atoms with van der Waals surface area (Å²) in [6.07, 6.45) is 2.59. The molecule has 2 rings (SSSR count). The van der Waals surface area contributed by atoms with Crippen molar-refractivity contribution in [2.75, 3.05) is 5.32 Å². The first-order valence-corrected chi connectivity index (χ1v) is 5.69. The van der Waals surface area contributed by atoms with E-state index in [-0.39, 0.29) is 13.0 Å². The molecule has 0 aliphatic heterocycles. The van der Waals surface area contributed by atoms with Crippen LogP contribution in [0, 0.1) is 0 Å². The number of nitrogens with zero attached hydrogens (tertiary/aromatic N) is 3. The van der Waals surface area contributed by atoms with Crippen molar-refractivity contribution in [2.45, 2.75) is 13.0 Å². The average Bonchev–Trinajstić information content (AvgIpc) is 2.91. The third kappa shape index (κ3) is 4.05. The molecule has 0 atom stereocenters. The van der Waals surface area contributed by atoms with Crippen LogP contribution >= 0.6 is 0 Å². The Morgan fingerprint density at radius 2 is 2.15 bits per heavy atom. The van der Waals surface area contributed by atoms with E-state index < -0.39 is 12.0 Å². The lowest BCUT2D eigenvalue weighted by Crippen LogP contribution is -2.28. The van der Waals surface area contributed by atoms with E-state index in [1.807, 2.05) is 0 Å². The quantitative estimate of drug-likeness (QED) is 0.614. The molecule has 0 saturated carbocycles. The monoisotopic (exact) mass is 276 g/mol. The highest BCUT2D eigenvalue weighted by atomic mass is 16.4.